The van der Waals surface area contributed by atoms with E-state index in [1.54, 1.807) is 6.20 Å². The first-order chi connectivity index (χ1) is 8.24. The SMILES string of the molecule is CC(CCN)C(=O)c1cccc2ncccc12. The van der Waals surface area contributed by atoms with Gasteiger partial charge in [-0.15, -0.1) is 0 Å². The number of fused-ring (bicyclic) bond motifs is 1. The molecule has 17 heavy (non-hydrogen) atoms. The van der Waals surface area contributed by atoms with Crippen LogP contribution in [0.1, 0.15) is 23.7 Å². The van der Waals surface area contributed by atoms with Crippen LogP contribution in [0.2, 0.25) is 0 Å². The number of pyridine rings is 1. The predicted molar refractivity (Wildman–Crippen MR) is 68.9 cm³/mol. The van der Waals surface area contributed by atoms with E-state index < -0.39 is 0 Å². The molecule has 0 aliphatic rings. The van der Waals surface area contributed by atoms with Crippen molar-refractivity contribution in [1.29, 1.82) is 0 Å². The van der Waals surface area contributed by atoms with Crippen LogP contribution in [-0.4, -0.2) is 17.3 Å². The Labute approximate surface area is 101 Å². The van der Waals surface area contributed by atoms with Crippen molar-refractivity contribution in [3.05, 3.63) is 42.1 Å². The lowest BCUT2D eigenvalue weighted by molar-refractivity contribution is 0.0927. The Balaban J connectivity index is 2.45. The Bertz CT molecular complexity index is 531. The first kappa shape index (κ1) is 11.7. The van der Waals surface area contributed by atoms with Crippen LogP contribution in [-0.2, 0) is 0 Å². The summed E-state index contributed by atoms with van der Waals surface area (Å²) in [5.41, 5.74) is 7.10. The zero-order valence-corrected chi connectivity index (χ0v) is 9.89. The highest BCUT2D eigenvalue weighted by Gasteiger charge is 2.16. The summed E-state index contributed by atoms with van der Waals surface area (Å²) < 4.78 is 0. The van der Waals surface area contributed by atoms with E-state index >= 15 is 0 Å². The molecule has 0 fully saturated rings. The van der Waals surface area contributed by atoms with Crippen LogP contribution in [0.3, 0.4) is 0 Å². The zero-order chi connectivity index (χ0) is 12.3. The summed E-state index contributed by atoms with van der Waals surface area (Å²) >= 11 is 0. The molecule has 3 nitrogen and oxygen atoms in total. The van der Waals surface area contributed by atoms with E-state index in [9.17, 15) is 4.79 Å². The number of aromatic nitrogens is 1. The van der Waals surface area contributed by atoms with E-state index in [0.29, 0.717) is 6.54 Å². The molecular weight excluding hydrogens is 212 g/mol. The van der Waals surface area contributed by atoms with Gasteiger partial charge in [-0.3, -0.25) is 9.78 Å². The number of nitrogens with two attached hydrogens (primary N) is 1. The molecule has 0 radical (unpaired) electrons. The quantitative estimate of drug-likeness (QED) is 0.817. The third kappa shape index (κ3) is 2.34. The van der Waals surface area contributed by atoms with Crippen molar-refractivity contribution in [1.82, 2.24) is 4.98 Å². The van der Waals surface area contributed by atoms with Crippen molar-refractivity contribution in [2.45, 2.75) is 13.3 Å². The molecule has 0 spiro atoms. The van der Waals surface area contributed by atoms with E-state index in [-0.39, 0.29) is 11.7 Å². The van der Waals surface area contributed by atoms with Crippen molar-refractivity contribution >= 4 is 16.7 Å². The van der Waals surface area contributed by atoms with Crippen molar-refractivity contribution in [3.63, 3.8) is 0 Å². The first-order valence-corrected chi connectivity index (χ1v) is 5.82. The maximum atomic E-state index is 12.3. The monoisotopic (exact) mass is 228 g/mol. The predicted octanol–water partition coefficient (Wildman–Crippen LogP) is 2.40. The molecule has 2 aromatic rings. The fraction of sp³-hybridized carbons (Fsp3) is 0.286. The van der Waals surface area contributed by atoms with Gasteiger partial charge in [0.2, 0.25) is 0 Å². The highest BCUT2D eigenvalue weighted by Crippen LogP contribution is 2.20. The van der Waals surface area contributed by atoms with Gasteiger partial charge in [0.1, 0.15) is 0 Å². The summed E-state index contributed by atoms with van der Waals surface area (Å²) in [5, 5.41) is 0.920. The Morgan fingerprint density at radius 2 is 2.18 bits per heavy atom. The molecule has 0 saturated heterocycles. The fourth-order valence-corrected chi connectivity index (χ4v) is 1.96. The van der Waals surface area contributed by atoms with Crippen LogP contribution < -0.4 is 5.73 Å². The Morgan fingerprint density at radius 1 is 1.35 bits per heavy atom. The second kappa shape index (κ2) is 5.06. The molecule has 0 amide bonds. The largest absolute Gasteiger partial charge is 0.330 e. The number of Topliss-reactive ketones (excluding diaryl/α,β-unsaturated/α-hetero) is 1. The number of benzene rings is 1. The summed E-state index contributed by atoms with van der Waals surface area (Å²) in [4.78, 5) is 16.5. The van der Waals surface area contributed by atoms with Crippen LogP contribution in [0.15, 0.2) is 36.5 Å². The summed E-state index contributed by atoms with van der Waals surface area (Å²) in [5.74, 6) is 0.111. The van der Waals surface area contributed by atoms with Crippen LogP contribution in [0.25, 0.3) is 10.9 Å². The molecule has 3 heteroatoms. The molecule has 0 aliphatic heterocycles. The van der Waals surface area contributed by atoms with E-state index in [4.69, 9.17) is 5.73 Å². The van der Waals surface area contributed by atoms with E-state index in [2.05, 4.69) is 4.98 Å². The minimum atomic E-state index is -0.0363. The number of hydrogen-bond acceptors (Lipinski definition) is 3. The van der Waals surface area contributed by atoms with Crippen molar-refractivity contribution in [2.75, 3.05) is 6.54 Å². The second-order valence-electron chi connectivity index (χ2n) is 4.22. The molecule has 2 rings (SSSR count). The van der Waals surface area contributed by atoms with Gasteiger partial charge in [-0.05, 0) is 25.1 Å². The minimum Gasteiger partial charge on any atom is -0.330 e. The maximum Gasteiger partial charge on any atom is 0.166 e. The van der Waals surface area contributed by atoms with Gasteiger partial charge >= 0.3 is 0 Å². The molecule has 1 atom stereocenters. The molecule has 1 unspecified atom stereocenters. The highest BCUT2D eigenvalue weighted by molar-refractivity contribution is 6.08. The Kier molecular flexibility index (Phi) is 3.49. The minimum absolute atomic E-state index is 0.0363. The van der Waals surface area contributed by atoms with Gasteiger partial charge in [-0.2, -0.15) is 0 Å². The number of carbonyl (C=O) groups excluding carboxylic acids is 1. The lowest BCUT2D eigenvalue weighted by Crippen LogP contribution is -2.16. The number of carbonyl (C=O) groups is 1. The van der Waals surface area contributed by atoms with Crippen LogP contribution >= 0.6 is 0 Å². The molecule has 1 aromatic heterocycles. The van der Waals surface area contributed by atoms with Gasteiger partial charge in [0.05, 0.1) is 5.52 Å². The molecule has 0 bridgehead atoms. The van der Waals surface area contributed by atoms with Crippen LogP contribution in [0.4, 0.5) is 0 Å². The van der Waals surface area contributed by atoms with Gasteiger partial charge in [0.15, 0.2) is 5.78 Å². The van der Waals surface area contributed by atoms with Crippen molar-refractivity contribution in [3.8, 4) is 0 Å². The van der Waals surface area contributed by atoms with Crippen molar-refractivity contribution in [2.24, 2.45) is 11.7 Å². The average Bonchev–Trinajstić information content (AvgIpc) is 2.37. The van der Waals surface area contributed by atoms with Gasteiger partial charge in [-0.1, -0.05) is 25.1 Å². The Morgan fingerprint density at radius 3 is 2.94 bits per heavy atom. The second-order valence-corrected chi connectivity index (χ2v) is 4.22. The summed E-state index contributed by atoms with van der Waals surface area (Å²) in [6.07, 6.45) is 2.45. The third-order valence-corrected chi connectivity index (χ3v) is 2.96. The number of ketones is 1. The third-order valence-electron chi connectivity index (χ3n) is 2.96. The molecule has 1 aromatic carbocycles. The van der Waals surface area contributed by atoms with Gasteiger partial charge < -0.3 is 5.73 Å². The summed E-state index contributed by atoms with van der Waals surface area (Å²) in [7, 11) is 0. The molecule has 2 N–H and O–H groups in total. The van der Waals surface area contributed by atoms with E-state index in [0.717, 1.165) is 22.9 Å². The van der Waals surface area contributed by atoms with E-state index in [1.807, 2.05) is 37.3 Å². The topological polar surface area (TPSA) is 56.0 Å². The Hall–Kier alpha value is -1.74. The van der Waals surface area contributed by atoms with Crippen LogP contribution in [0, 0.1) is 5.92 Å². The van der Waals surface area contributed by atoms with Crippen LogP contribution in [0.5, 0.6) is 0 Å². The lowest BCUT2D eigenvalue weighted by Gasteiger charge is -2.10. The van der Waals surface area contributed by atoms with Gasteiger partial charge in [0.25, 0.3) is 0 Å². The lowest BCUT2D eigenvalue weighted by atomic mass is 9.94. The molecule has 0 aliphatic carbocycles. The normalized spacial score (nSPS) is 12.6. The van der Waals surface area contributed by atoms with Crippen molar-refractivity contribution < 1.29 is 4.79 Å². The molecule has 88 valence electrons. The average molecular weight is 228 g/mol. The van der Waals surface area contributed by atoms with Gasteiger partial charge in [0, 0.05) is 23.1 Å². The summed E-state index contributed by atoms with van der Waals surface area (Å²) in [6, 6.07) is 9.44. The fourth-order valence-electron chi connectivity index (χ4n) is 1.96. The highest BCUT2D eigenvalue weighted by atomic mass is 16.1. The van der Waals surface area contributed by atoms with Gasteiger partial charge in [-0.25, -0.2) is 0 Å². The number of rotatable bonds is 4. The van der Waals surface area contributed by atoms with E-state index in [1.165, 1.54) is 0 Å². The molecule has 1 heterocycles. The summed E-state index contributed by atoms with van der Waals surface area (Å²) in [6.45, 7) is 2.46. The zero-order valence-electron chi connectivity index (χ0n) is 9.89. The maximum absolute atomic E-state index is 12.3. The first-order valence-electron chi connectivity index (χ1n) is 5.82. The number of nitrogens with zero attached hydrogens (tertiary/aromatic N) is 1. The molecule has 0 saturated carbocycles. The molecular formula is C14H16N2O. The standard InChI is InChI=1S/C14H16N2O/c1-10(7-8-15)14(17)12-4-2-6-13-11(12)5-3-9-16-13/h2-6,9-10H,7-8,15H2,1H3. The number of hydrogen-bond donors (Lipinski definition) is 1. The smallest absolute Gasteiger partial charge is 0.166 e.